The predicted octanol–water partition coefficient (Wildman–Crippen LogP) is 1.05. The Bertz CT molecular complexity index is 1090. The van der Waals surface area contributed by atoms with Gasteiger partial charge >= 0.3 is 19.8 Å². The molecule has 31 heavy (non-hydrogen) atoms. The van der Waals surface area contributed by atoms with Gasteiger partial charge in [0.25, 0.3) is 5.56 Å². The highest BCUT2D eigenvalue weighted by atomic mass is 31.2. The fourth-order valence-electron chi connectivity index (χ4n) is 3.59. The number of nitrogens with one attached hydrogen (secondary N) is 1. The Kier molecular flexibility index (Phi) is 5.78. The molecule has 3 unspecified atom stereocenters. The average Bonchev–Trinajstić information content (AvgIpc) is 3.12. The minimum Gasteiger partial charge on any atom is -0.346 e. The summed E-state index contributed by atoms with van der Waals surface area (Å²) in [5.74, 6) is -2.58. The molecule has 1 fully saturated rings. The number of hydrogen-bond acceptors (Lipinski definition) is 9. The van der Waals surface area contributed by atoms with Crippen molar-refractivity contribution in [1.29, 1.82) is 0 Å². The van der Waals surface area contributed by atoms with Gasteiger partial charge in [-0.2, -0.15) is 4.89 Å². The Morgan fingerprint density at radius 1 is 1.29 bits per heavy atom. The van der Waals surface area contributed by atoms with Gasteiger partial charge in [-0.05, 0) is 38.7 Å². The SMILES string of the molecule is CC1=CCC=CC2=C1O[P+](O)(OC(O)(O)C1CCC(n3cc(C)c(=O)[nH]c3=O)O1)OC2. The molecular formula is C19H24N2O9P+. The summed E-state index contributed by atoms with van der Waals surface area (Å²) < 4.78 is 22.7. The normalized spacial score (nSPS) is 28.7. The number of nitrogens with zero attached hydrogens (tertiary/aromatic N) is 1. The number of H-pyrrole nitrogens is 1. The molecule has 3 atom stereocenters. The first kappa shape index (κ1) is 22.1. The zero-order valence-electron chi connectivity index (χ0n) is 17.0. The van der Waals surface area contributed by atoms with Crippen molar-refractivity contribution >= 4 is 8.17 Å². The van der Waals surface area contributed by atoms with Gasteiger partial charge < -0.3 is 14.9 Å². The first-order chi connectivity index (χ1) is 14.6. The lowest BCUT2D eigenvalue weighted by atomic mass is 10.1. The smallest absolute Gasteiger partial charge is 0.346 e. The largest absolute Gasteiger partial charge is 0.625 e. The summed E-state index contributed by atoms with van der Waals surface area (Å²) in [6.07, 6.45) is 5.81. The second-order valence-corrected chi connectivity index (χ2v) is 9.16. The van der Waals surface area contributed by atoms with E-state index in [2.05, 4.69) is 4.98 Å². The van der Waals surface area contributed by atoms with Gasteiger partial charge in [0.2, 0.25) is 0 Å². The van der Waals surface area contributed by atoms with Gasteiger partial charge in [0.05, 0.1) is 0 Å². The van der Waals surface area contributed by atoms with Gasteiger partial charge in [-0.15, -0.1) is 4.52 Å². The summed E-state index contributed by atoms with van der Waals surface area (Å²) in [6, 6.07) is 0. The summed E-state index contributed by atoms with van der Waals surface area (Å²) in [4.78, 5) is 36.5. The molecule has 12 heteroatoms. The highest BCUT2D eigenvalue weighted by molar-refractivity contribution is 7.55. The number of aromatic nitrogens is 2. The molecule has 1 aliphatic carbocycles. The molecule has 0 bridgehead atoms. The molecule has 3 aliphatic rings. The Labute approximate surface area is 177 Å². The highest BCUT2D eigenvalue weighted by Gasteiger charge is 2.61. The van der Waals surface area contributed by atoms with Gasteiger partial charge in [-0.25, -0.2) is 4.79 Å². The van der Waals surface area contributed by atoms with Crippen molar-refractivity contribution < 1.29 is 33.4 Å². The molecule has 3 heterocycles. The van der Waals surface area contributed by atoms with Crippen LogP contribution in [0.1, 0.15) is 38.0 Å². The summed E-state index contributed by atoms with van der Waals surface area (Å²) in [6.45, 7) is 3.31. The fourth-order valence-corrected chi connectivity index (χ4v) is 4.98. The average molecular weight is 455 g/mol. The molecule has 4 N–H and O–H groups in total. The molecule has 4 rings (SSSR count). The van der Waals surface area contributed by atoms with E-state index in [1.54, 1.807) is 6.92 Å². The Morgan fingerprint density at radius 2 is 2.06 bits per heavy atom. The van der Waals surface area contributed by atoms with E-state index >= 15 is 0 Å². The van der Waals surface area contributed by atoms with Crippen molar-refractivity contribution in [2.24, 2.45) is 0 Å². The van der Waals surface area contributed by atoms with E-state index in [1.807, 2.05) is 18.2 Å². The number of allylic oxidation sites excluding steroid dienone is 3. The van der Waals surface area contributed by atoms with Gasteiger partial charge in [0.1, 0.15) is 18.9 Å². The number of hydrogen-bond donors (Lipinski definition) is 4. The zero-order chi connectivity index (χ0) is 22.4. The van der Waals surface area contributed by atoms with E-state index in [9.17, 15) is 24.7 Å². The van der Waals surface area contributed by atoms with Gasteiger partial charge in [0.15, 0.2) is 5.76 Å². The first-order valence-corrected chi connectivity index (χ1v) is 11.2. The van der Waals surface area contributed by atoms with E-state index in [0.717, 1.165) is 10.1 Å². The highest BCUT2D eigenvalue weighted by Crippen LogP contribution is 2.65. The van der Waals surface area contributed by atoms with Gasteiger partial charge in [-0.1, -0.05) is 22.8 Å². The lowest BCUT2D eigenvalue weighted by Crippen LogP contribution is -2.45. The zero-order valence-corrected chi connectivity index (χ0v) is 17.9. The van der Waals surface area contributed by atoms with Crippen LogP contribution in [0.5, 0.6) is 0 Å². The van der Waals surface area contributed by atoms with E-state index in [4.69, 9.17) is 18.3 Å². The third kappa shape index (κ3) is 4.44. The Balaban J connectivity index is 1.49. The van der Waals surface area contributed by atoms with Crippen molar-refractivity contribution in [1.82, 2.24) is 9.55 Å². The van der Waals surface area contributed by atoms with Crippen LogP contribution >= 0.6 is 8.17 Å². The molecule has 2 aliphatic heterocycles. The maximum atomic E-state index is 12.1. The monoisotopic (exact) mass is 455 g/mol. The predicted molar refractivity (Wildman–Crippen MR) is 108 cm³/mol. The van der Waals surface area contributed by atoms with Crippen molar-refractivity contribution in [3.8, 4) is 0 Å². The third-order valence-corrected chi connectivity index (χ3v) is 6.61. The quantitative estimate of drug-likeness (QED) is 0.386. The molecule has 0 saturated carbocycles. The van der Waals surface area contributed by atoms with E-state index < -0.39 is 37.7 Å². The minimum atomic E-state index is -4.13. The van der Waals surface area contributed by atoms with Crippen molar-refractivity contribution in [2.45, 2.75) is 51.4 Å². The molecule has 1 aromatic rings. The first-order valence-electron chi connectivity index (χ1n) is 9.74. The number of aromatic amines is 1. The van der Waals surface area contributed by atoms with Crippen LogP contribution in [0.3, 0.4) is 0 Å². The standard InChI is InChI=1S/C19H23N2O9P/c1-11-5-3-4-6-13-10-27-31(26,29-16(11)13)30-19(24,25)14-7-8-15(28-14)21-9-12(2)17(22)20-18(21)23/h4-6,9,14-15,24-26H,3,7-8,10H2,1-2H3/p+1. The van der Waals surface area contributed by atoms with Gasteiger partial charge in [0, 0.05) is 17.3 Å². The van der Waals surface area contributed by atoms with Crippen LogP contribution in [0.15, 0.2) is 50.9 Å². The van der Waals surface area contributed by atoms with Crippen LogP contribution in [0.4, 0.5) is 0 Å². The van der Waals surface area contributed by atoms with Crippen molar-refractivity contribution in [3.05, 3.63) is 67.7 Å². The number of ether oxygens (including phenoxy) is 1. The molecule has 11 nitrogen and oxygen atoms in total. The fraction of sp³-hybridized carbons (Fsp3) is 0.474. The molecule has 0 spiro atoms. The molecule has 0 aromatic carbocycles. The molecule has 1 aromatic heterocycles. The topological polar surface area (TPSA) is 152 Å². The maximum absolute atomic E-state index is 12.1. The van der Waals surface area contributed by atoms with Crippen LogP contribution in [0.2, 0.25) is 0 Å². The maximum Gasteiger partial charge on any atom is 0.625 e. The summed E-state index contributed by atoms with van der Waals surface area (Å²) in [5.41, 5.74) is 0.568. The number of aryl methyl sites for hydroxylation is 1. The van der Waals surface area contributed by atoms with Gasteiger partial charge in [-0.3, -0.25) is 18.9 Å². The molecule has 0 amide bonds. The minimum absolute atomic E-state index is 0.0302. The third-order valence-electron chi connectivity index (χ3n) is 5.24. The van der Waals surface area contributed by atoms with Crippen molar-refractivity contribution in [2.75, 3.05) is 6.61 Å². The Hall–Kier alpha value is -2.11. The Morgan fingerprint density at radius 3 is 2.84 bits per heavy atom. The van der Waals surface area contributed by atoms with Crippen molar-refractivity contribution in [3.63, 3.8) is 0 Å². The lowest BCUT2D eigenvalue weighted by Gasteiger charge is -2.30. The summed E-state index contributed by atoms with van der Waals surface area (Å²) in [5, 5.41) is 21.0. The molecule has 0 radical (unpaired) electrons. The summed E-state index contributed by atoms with van der Waals surface area (Å²) >= 11 is 0. The molecular weight excluding hydrogens is 431 g/mol. The second kappa shape index (κ2) is 8.10. The van der Waals surface area contributed by atoms with Crippen LogP contribution in [0.25, 0.3) is 0 Å². The van der Waals surface area contributed by atoms with Crippen LogP contribution in [0, 0.1) is 6.92 Å². The molecule has 1 saturated heterocycles. The van der Waals surface area contributed by atoms with Crippen LogP contribution in [-0.2, 0) is 18.3 Å². The lowest BCUT2D eigenvalue weighted by molar-refractivity contribution is -0.352. The molecule has 168 valence electrons. The van der Waals surface area contributed by atoms with Crippen LogP contribution in [-0.4, -0.2) is 43.3 Å². The summed E-state index contributed by atoms with van der Waals surface area (Å²) in [7, 11) is -4.13. The van der Waals surface area contributed by atoms with E-state index in [-0.39, 0.29) is 19.4 Å². The van der Waals surface area contributed by atoms with Crippen LogP contribution < -0.4 is 11.2 Å². The number of rotatable bonds is 4. The van der Waals surface area contributed by atoms with E-state index in [0.29, 0.717) is 23.3 Å². The number of aliphatic hydroxyl groups is 2. The van der Waals surface area contributed by atoms with E-state index in [1.165, 1.54) is 13.1 Å². The second-order valence-electron chi connectivity index (χ2n) is 7.60.